The predicted octanol–water partition coefficient (Wildman–Crippen LogP) is 4.89. The zero-order chi connectivity index (χ0) is 20.8. The van der Waals surface area contributed by atoms with Gasteiger partial charge in [-0.1, -0.05) is 57.6 Å². The summed E-state index contributed by atoms with van der Waals surface area (Å²) < 4.78 is 28.5. The minimum absolute atomic E-state index is 0.0432. The number of hydrogen-bond acceptors (Lipinski definition) is 6. The Kier molecular flexibility index (Phi) is 11.5. The van der Waals surface area contributed by atoms with Gasteiger partial charge in [0, 0.05) is 19.3 Å². The van der Waals surface area contributed by atoms with Gasteiger partial charge in [-0.25, -0.2) is 0 Å². The molecule has 6 nitrogen and oxygen atoms in total. The SMILES string of the molecule is CCCCCCCCC(=O)CCCCCC(=O)OS(=O)(=O)c1ccccc1O. The summed E-state index contributed by atoms with van der Waals surface area (Å²) in [4.78, 5) is 23.1. The molecular weight excluding hydrogens is 380 g/mol. The summed E-state index contributed by atoms with van der Waals surface area (Å²) in [5, 5.41) is 9.57. The molecule has 0 bridgehead atoms. The van der Waals surface area contributed by atoms with E-state index in [-0.39, 0.29) is 12.2 Å². The van der Waals surface area contributed by atoms with Gasteiger partial charge in [-0.05, 0) is 31.4 Å². The van der Waals surface area contributed by atoms with E-state index < -0.39 is 26.7 Å². The molecule has 158 valence electrons. The number of hydrogen-bond donors (Lipinski definition) is 1. The van der Waals surface area contributed by atoms with Crippen LogP contribution in [-0.4, -0.2) is 25.3 Å². The highest BCUT2D eigenvalue weighted by Gasteiger charge is 2.23. The molecule has 0 aliphatic carbocycles. The molecule has 0 saturated carbocycles. The fourth-order valence-electron chi connectivity index (χ4n) is 2.87. The van der Waals surface area contributed by atoms with Gasteiger partial charge in [-0.15, -0.1) is 0 Å². The van der Waals surface area contributed by atoms with Gasteiger partial charge in [0.1, 0.15) is 16.4 Å². The Bertz CT molecular complexity index is 711. The molecule has 0 spiro atoms. The quantitative estimate of drug-likeness (QED) is 0.325. The summed E-state index contributed by atoms with van der Waals surface area (Å²) in [6, 6.07) is 5.29. The van der Waals surface area contributed by atoms with Crippen LogP contribution in [0.5, 0.6) is 5.75 Å². The van der Waals surface area contributed by atoms with Crippen LogP contribution in [0.2, 0.25) is 0 Å². The maximum Gasteiger partial charge on any atom is 0.345 e. The molecule has 28 heavy (non-hydrogen) atoms. The van der Waals surface area contributed by atoms with Crippen LogP contribution in [0.15, 0.2) is 29.2 Å². The average Bonchev–Trinajstić information content (AvgIpc) is 2.64. The lowest BCUT2D eigenvalue weighted by atomic mass is 10.0. The van der Waals surface area contributed by atoms with Crippen LogP contribution in [-0.2, 0) is 23.9 Å². The predicted molar refractivity (Wildman–Crippen MR) is 107 cm³/mol. The van der Waals surface area contributed by atoms with Gasteiger partial charge in [0.25, 0.3) is 0 Å². The monoisotopic (exact) mass is 412 g/mol. The van der Waals surface area contributed by atoms with E-state index in [0.29, 0.717) is 32.1 Å². The number of phenols is 1. The van der Waals surface area contributed by atoms with Crippen molar-refractivity contribution in [1.29, 1.82) is 0 Å². The number of Topliss-reactive ketones (excluding diaryl/α,β-unsaturated/α-hetero) is 1. The fraction of sp³-hybridized carbons (Fsp3) is 0.619. The molecule has 1 N–H and O–H groups in total. The van der Waals surface area contributed by atoms with Crippen LogP contribution in [0.1, 0.15) is 84.0 Å². The number of phenolic OH excluding ortho intramolecular Hbond substituents is 1. The Morgan fingerprint density at radius 3 is 2.04 bits per heavy atom. The highest BCUT2D eigenvalue weighted by Crippen LogP contribution is 2.23. The van der Waals surface area contributed by atoms with Crippen molar-refractivity contribution in [3.05, 3.63) is 24.3 Å². The molecule has 0 heterocycles. The second kappa shape index (κ2) is 13.3. The summed E-state index contributed by atoms with van der Waals surface area (Å²) in [5.74, 6) is -1.07. The number of para-hydroxylation sites is 1. The first kappa shape index (κ1) is 24.1. The van der Waals surface area contributed by atoms with Crippen molar-refractivity contribution in [3.8, 4) is 5.75 Å². The second-order valence-corrected chi connectivity index (χ2v) is 8.51. The molecule has 0 aromatic heterocycles. The highest BCUT2D eigenvalue weighted by molar-refractivity contribution is 7.87. The summed E-state index contributed by atoms with van der Waals surface area (Å²) in [6.07, 6.45) is 9.82. The summed E-state index contributed by atoms with van der Waals surface area (Å²) in [5.41, 5.74) is 0. The van der Waals surface area contributed by atoms with Crippen LogP contribution in [0.25, 0.3) is 0 Å². The zero-order valence-electron chi connectivity index (χ0n) is 16.7. The minimum atomic E-state index is -4.32. The number of benzene rings is 1. The third-order valence-electron chi connectivity index (χ3n) is 4.48. The number of carbonyl (C=O) groups is 2. The van der Waals surface area contributed by atoms with Crippen LogP contribution in [0.3, 0.4) is 0 Å². The number of carbonyl (C=O) groups excluding carboxylic acids is 2. The summed E-state index contributed by atoms with van der Waals surface area (Å²) in [7, 11) is -4.32. The van der Waals surface area contributed by atoms with Crippen LogP contribution in [0, 0.1) is 0 Å². The Morgan fingerprint density at radius 1 is 0.857 bits per heavy atom. The normalized spacial score (nSPS) is 11.3. The van der Waals surface area contributed by atoms with Gasteiger partial charge in [0.05, 0.1) is 0 Å². The minimum Gasteiger partial charge on any atom is -0.506 e. The number of aromatic hydroxyl groups is 1. The van der Waals surface area contributed by atoms with Crippen molar-refractivity contribution in [2.75, 3.05) is 0 Å². The molecule has 0 fully saturated rings. The van der Waals surface area contributed by atoms with Crippen molar-refractivity contribution in [2.45, 2.75) is 88.9 Å². The first-order chi connectivity index (χ1) is 13.4. The second-order valence-electron chi connectivity index (χ2n) is 6.99. The Hall–Kier alpha value is -1.89. The van der Waals surface area contributed by atoms with Gasteiger partial charge in [-0.2, -0.15) is 8.42 Å². The Balaban J connectivity index is 2.15. The van der Waals surface area contributed by atoms with E-state index in [1.54, 1.807) is 0 Å². The van der Waals surface area contributed by atoms with Crippen molar-refractivity contribution in [1.82, 2.24) is 0 Å². The van der Waals surface area contributed by atoms with E-state index in [1.165, 1.54) is 49.9 Å². The van der Waals surface area contributed by atoms with Gasteiger partial charge < -0.3 is 9.29 Å². The lowest BCUT2D eigenvalue weighted by Gasteiger charge is -2.07. The number of ketones is 1. The first-order valence-electron chi connectivity index (χ1n) is 10.1. The van der Waals surface area contributed by atoms with E-state index in [2.05, 4.69) is 11.1 Å². The van der Waals surface area contributed by atoms with Crippen molar-refractivity contribution >= 4 is 21.9 Å². The van der Waals surface area contributed by atoms with Gasteiger partial charge in [0.15, 0.2) is 0 Å². The van der Waals surface area contributed by atoms with Gasteiger partial charge in [-0.3, -0.25) is 9.59 Å². The van der Waals surface area contributed by atoms with Crippen molar-refractivity contribution in [3.63, 3.8) is 0 Å². The lowest BCUT2D eigenvalue weighted by Crippen LogP contribution is -2.13. The van der Waals surface area contributed by atoms with Gasteiger partial charge >= 0.3 is 16.1 Å². The highest BCUT2D eigenvalue weighted by atomic mass is 32.2. The molecule has 0 saturated heterocycles. The molecule has 0 unspecified atom stereocenters. The Morgan fingerprint density at radius 2 is 1.39 bits per heavy atom. The van der Waals surface area contributed by atoms with Crippen molar-refractivity contribution < 1.29 is 27.3 Å². The maximum absolute atomic E-state index is 12.0. The molecule has 0 aliphatic rings. The molecule has 1 aromatic rings. The lowest BCUT2D eigenvalue weighted by molar-refractivity contribution is -0.133. The van der Waals surface area contributed by atoms with Crippen LogP contribution in [0.4, 0.5) is 0 Å². The van der Waals surface area contributed by atoms with E-state index in [1.807, 2.05) is 0 Å². The number of rotatable bonds is 15. The molecule has 0 amide bonds. The zero-order valence-corrected chi connectivity index (χ0v) is 17.5. The van der Waals surface area contributed by atoms with E-state index in [4.69, 9.17) is 0 Å². The topological polar surface area (TPSA) is 97.7 Å². The summed E-state index contributed by atoms with van der Waals surface area (Å²) >= 11 is 0. The van der Waals surface area contributed by atoms with Crippen molar-refractivity contribution in [2.24, 2.45) is 0 Å². The van der Waals surface area contributed by atoms with Crippen LogP contribution < -0.4 is 0 Å². The third kappa shape index (κ3) is 9.88. The van der Waals surface area contributed by atoms with E-state index in [0.717, 1.165) is 12.8 Å². The van der Waals surface area contributed by atoms with E-state index in [9.17, 15) is 23.1 Å². The third-order valence-corrected chi connectivity index (χ3v) is 5.77. The summed E-state index contributed by atoms with van der Waals surface area (Å²) in [6.45, 7) is 2.18. The van der Waals surface area contributed by atoms with Crippen LogP contribution >= 0.6 is 0 Å². The number of unbranched alkanes of at least 4 members (excludes halogenated alkanes) is 7. The largest absolute Gasteiger partial charge is 0.506 e. The van der Waals surface area contributed by atoms with Gasteiger partial charge in [0.2, 0.25) is 0 Å². The van der Waals surface area contributed by atoms with E-state index >= 15 is 0 Å². The average molecular weight is 413 g/mol. The molecular formula is C21H32O6S. The Labute approximate surface area is 168 Å². The smallest absolute Gasteiger partial charge is 0.345 e. The molecule has 0 radical (unpaired) electrons. The molecule has 1 aromatic carbocycles. The molecule has 0 atom stereocenters. The standard InChI is InChI=1S/C21H32O6S/c1-2-3-4-5-6-8-13-18(22)14-9-7-10-17-21(24)27-28(25,26)20-16-12-11-15-19(20)23/h11-12,15-16,23H,2-10,13-14,17H2,1H3. The fourth-order valence-corrected chi connectivity index (χ4v) is 3.86. The molecule has 1 rings (SSSR count). The molecule has 0 aliphatic heterocycles. The first-order valence-corrected chi connectivity index (χ1v) is 11.5. The maximum atomic E-state index is 12.0. The molecule has 7 heteroatoms.